The third-order valence-electron chi connectivity index (χ3n) is 8.79. The van der Waals surface area contributed by atoms with Crippen molar-refractivity contribution < 1.29 is 57.0 Å². The van der Waals surface area contributed by atoms with E-state index in [4.69, 9.17) is 48.4 Å². The molecule has 280 valence electrons. The van der Waals surface area contributed by atoms with Crippen LogP contribution in [0.2, 0.25) is 0 Å². The average molecular weight is 733 g/mol. The summed E-state index contributed by atoms with van der Waals surface area (Å²) in [5.74, 6) is -2.56. The summed E-state index contributed by atoms with van der Waals surface area (Å²) in [4.78, 5) is 40.7. The fraction of sp³-hybridized carbons (Fsp3) is 0.432. The van der Waals surface area contributed by atoms with Gasteiger partial charge >= 0.3 is 11.9 Å². The highest BCUT2D eigenvalue weighted by atomic mass is 16.8. The Labute approximate surface area is 304 Å². The Bertz CT molecular complexity index is 1730. The number of fused-ring (bicyclic) bond motifs is 1. The van der Waals surface area contributed by atoms with Crippen molar-refractivity contribution in [2.75, 3.05) is 6.61 Å². The highest BCUT2D eigenvalue weighted by molar-refractivity contribution is 5.80. The molecule has 3 fully saturated rings. The molecule has 11 atom stereocenters. The Morgan fingerprint density at radius 2 is 1.34 bits per heavy atom. The van der Waals surface area contributed by atoms with Gasteiger partial charge in [-0.15, -0.1) is 0 Å². The third kappa shape index (κ3) is 9.37. The fourth-order valence-corrected chi connectivity index (χ4v) is 6.47. The standard InChI is InChI=1S/C37H40N4O12/c1-21(42)48-33-30(46-19-24-14-8-4-9-15-24)31(32(34(38)44)53-37(33)49-22(2)43)52-36-27(40-41-39)29(45-18-23-12-6-3-7-13-23)28-26(50-36)20-47-35(51-28)25-16-10-5-11-17-25/h3-17,26-33,35-37H,18-20H2,1-2H3,(H2,38,44)/t26?,27?,28-,29+,30-,31+,32?,33?,35?,36-,37-/m1/s1. The summed E-state index contributed by atoms with van der Waals surface area (Å²) in [7, 11) is 0. The molecule has 0 spiro atoms. The Kier molecular flexibility index (Phi) is 12.7. The quantitative estimate of drug-likeness (QED) is 0.115. The van der Waals surface area contributed by atoms with Crippen LogP contribution in [0.4, 0.5) is 0 Å². The highest BCUT2D eigenvalue weighted by Gasteiger charge is 2.57. The fourth-order valence-electron chi connectivity index (χ4n) is 6.47. The molecule has 0 saturated carbocycles. The number of primary amides is 1. The second-order valence-electron chi connectivity index (χ2n) is 12.5. The molecule has 1 amide bonds. The third-order valence-corrected chi connectivity index (χ3v) is 8.79. The lowest BCUT2D eigenvalue weighted by atomic mass is 9.94. The number of rotatable bonds is 13. The number of carbonyl (C=O) groups is 3. The summed E-state index contributed by atoms with van der Waals surface area (Å²) in [6.07, 6.45) is -12.3. The van der Waals surface area contributed by atoms with Gasteiger partial charge in [0.25, 0.3) is 0 Å². The summed E-state index contributed by atoms with van der Waals surface area (Å²) in [5.41, 5.74) is 18.0. The SMILES string of the molecule is CC(=O)OC1[C@H](OC(C)=O)OC(C(N)=O)[C@@H](O[C@H]2OC3COC(c4ccccc4)O[C@H]3[C@@H](OCc3ccccc3)C2N=[N+]=[N-])[C@H]1OCc1ccccc1. The van der Waals surface area contributed by atoms with Gasteiger partial charge in [-0.3, -0.25) is 14.4 Å². The van der Waals surface area contributed by atoms with Crippen LogP contribution in [0.5, 0.6) is 0 Å². The Morgan fingerprint density at radius 1 is 0.755 bits per heavy atom. The molecule has 3 aliphatic heterocycles. The van der Waals surface area contributed by atoms with Gasteiger partial charge in [0.15, 0.2) is 24.8 Å². The van der Waals surface area contributed by atoms with Crippen LogP contribution in [0.15, 0.2) is 96.1 Å². The van der Waals surface area contributed by atoms with Crippen molar-refractivity contribution in [1.82, 2.24) is 0 Å². The Balaban J connectivity index is 1.35. The lowest BCUT2D eigenvalue weighted by Gasteiger charge is -2.50. The van der Waals surface area contributed by atoms with Gasteiger partial charge < -0.3 is 48.4 Å². The number of nitrogens with zero attached hydrogens (tertiary/aromatic N) is 3. The largest absolute Gasteiger partial charge is 0.453 e. The molecule has 3 aromatic rings. The normalized spacial score (nSPS) is 30.9. The van der Waals surface area contributed by atoms with Gasteiger partial charge in [0.2, 0.25) is 12.2 Å². The van der Waals surface area contributed by atoms with Crippen molar-refractivity contribution in [3.8, 4) is 0 Å². The molecular formula is C37H40N4O12. The maximum Gasteiger partial charge on any atom is 0.305 e. The van der Waals surface area contributed by atoms with Crippen LogP contribution in [0, 0.1) is 0 Å². The van der Waals surface area contributed by atoms with Crippen molar-refractivity contribution in [3.63, 3.8) is 0 Å². The Hall–Kier alpha value is -4.90. The first kappa shape index (κ1) is 37.8. The highest BCUT2D eigenvalue weighted by Crippen LogP contribution is 2.39. The molecule has 2 N–H and O–H groups in total. The van der Waals surface area contributed by atoms with Gasteiger partial charge in [-0.25, -0.2) is 0 Å². The van der Waals surface area contributed by atoms with Crippen LogP contribution in [0.3, 0.4) is 0 Å². The summed E-state index contributed by atoms with van der Waals surface area (Å²) in [6, 6.07) is 26.5. The van der Waals surface area contributed by atoms with E-state index in [2.05, 4.69) is 10.0 Å². The van der Waals surface area contributed by atoms with E-state index in [1.54, 1.807) is 24.3 Å². The smallest absolute Gasteiger partial charge is 0.305 e. The lowest BCUT2D eigenvalue weighted by molar-refractivity contribution is -0.370. The van der Waals surface area contributed by atoms with Gasteiger partial charge in [0.1, 0.15) is 36.6 Å². The van der Waals surface area contributed by atoms with E-state index in [0.29, 0.717) is 0 Å². The molecule has 3 saturated heterocycles. The summed E-state index contributed by atoms with van der Waals surface area (Å²) >= 11 is 0. The summed E-state index contributed by atoms with van der Waals surface area (Å²) in [5, 5.41) is 4.06. The molecule has 16 heteroatoms. The van der Waals surface area contributed by atoms with Crippen LogP contribution in [-0.2, 0) is 70.2 Å². The molecule has 0 aromatic heterocycles. The number of nitrogens with two attached hydrogens (primary N) is 1. The topological polar surface area (TPSA) is 209 Å². The van der Waals surface area contributed by atoms with Crippen LogP contribution in [0.1, 0.15) is 36.8 Å². The van der Waals surface area contributed by atoms with E-state index in [1.807, 2.05) is 66.7 Å². The predicted octanol–water partition coefficient (Wildman–Crippen LogP) is 3.77. The molecule has 3 heterocycles. The molecule has 3 aliphatic rings. The number of ether oxygens (including phenoxy) is 9. The number of hydrogen-bond donors (Lipinski definition) is 1. The van der Waals surface area contributed by atoms with E-state index in [-0.39, 0.29) is 19.8 Å². The zero-order valence-corrected chi connectivity index (χ0v) is 29.0. The van der Waals surface area contributed by atoms with E-state index >= 15 is 0 Å². The molecule has 5 unspecified atom stereocenters. The van der Waals surface area contributed by atoms with Crippen LogP contribution >= 0.6 is 0 Å². The maximum absolute atomic E-state index is 13.0. The molecule has 0 bridgehead atoms. The van der Waals surface area contributed by atoms with Crippen molar-refractivity contribution in [1.29, 1.82) is 0 Å². The average Bonchev–Trinajstić information content (AvgIpc) is 3.15. The zero-order valence-electron chi connectivity index (χ0n) is 29.0. The first-order valence-electron chi connectivity index (χ1n) is 17.0. The first-order chi connectivity index (χ1) is 25.7. The van der Waals surface area contributed by atoms with E-state index in [9.17, 15) is 19.9 Å². The summed E-state index contributed by atoms with van der Waals surface area (Å²) in [6.45, 7) is 2.35. The van der Waals surface area contributed by atoms with Crippen LogP contribution in [0.25, 0.3) is 10.4 Å². The molecule has 0 aliphatic carbocycles. The monoisotopic (exact) mass is 732 g/mol. The van der Waals surface area contributed by atoms with E-state index in [1.165, 1.54) is 0 Å². The second kappa shape index (κ2) is 17.7. The molecule has 16 nitrogen and oxygen atoms in total. The van der Waals surface area contributed by atoms with Crippen molar-refractivity contribution in [2.45, 2.75) is 94.7 Å². The number of hydrogen-bond acceptors (Lipinski definition) is 13. The van der Waals surface area contributed by atoms with E-state index < -0.39 is 85.5 Å². The molecule has 3 aromatic carbocycles. The molecule has 53 heavy (non-hydrogen) atoms. The number of benzene rings is 3. The summed E-state index contributed by atoms with van der Waals surface area (Å²) < 4.78 is 55.0. The van der Waals surface area contributed by atoms with Gasteiger partial charge in [-0.05, 0) is 16.7 Å². The minimum atomic E-state index is -1.63. The van der Waals surface area contributed by atoms with Crippen molar-refractivity contribution >= 4 is 17.8 Å². The van der Waals surface area contributed by atoms with Crippen LogP contribution < -0.4 is 5.73 Å². The number of azide groups is 1. The van der Waals surface area contributed by atoms with Crippen molar-refractivity contribution in [3.05, 3.63) is 118 Å². The molecule has 6 rings (SSSR count). The molecule has 0 radical (unpaired) electrons. The van der Waals surface area contributed by atoms with Gasteiger partial charge in [-0.1, -0.05) is 96.1 Å². The predicted molar refractivity (Wildman–Crippen MR) is 182 cm³/mol. The lowest BCUT2D eigenvalue weighted by Crippen LogP contribution is -2.67. The zero-order chi connectivity index (χ0) is 37.3. The number of amides is 1. The number of carbonyl (C=O) groups excluding carboxylic acids is 3. The van der Waals surface area contributed by atoms with Gasteiger partial charge in [0.05, 0.1) is 19.8 Å². The van der Waals surface area contributed by atoms with Gasteiger partial charge in [0, 0.05) is 24.3 Å². The first-order valence-corrected chi connectivity index (χ1v) is 17.0. The van der Waals surface area contributed by atoms with Crippen LogP contribution in [-0.4, -0.2) is 85.8 Å². The Morgan fingerprint density at radius 3 is 1.91 bits per heavy atom. The second-order valence-corrected chi connectivity index (χ2v) is 12.5. The molecular weight excluding hydrogens is 692 g/mol. The maximum atomic E-state index is 13.0. The van der Waals surface area contributed by atoms with Crippen molar-refractivity contribution in [2.24, 2.45) is 10.8 Å². The minimum absolute atomic E-state index is 0.0250. The number of esters is 2. The van der Waals surface area contributed by atoms with Gasteiger partial charge in [-0.2, -0.15) is 0 Å². The van der Waals surface area contributed by atoms with E-state index in [0.717, 1.165) is 30.5 Å². The minimum Gasteiger partial charge on any atom is -0.453 e.